The van der Waals surface area contributed by atoms with Crippen molar-refractivity contribution >= 4 is 17.7 Å². The third-order valence-corrected chi connectivity index (χ3v) is 5.53. The first-order valence-electron chi connectivity index (χ1n) is 7.55. The van der Waals surface area contributed by atoms with E-state index in [4.69, 9.17) is 4.74 Å². The van der Waals surface area contributed by atoms with Crippen molar-refractivity contribution in [3.63, 3.8) is 0 Å². The van der Waals surface area contributed by atoms with Gasteiger partial charge in [-0.1, -0.05) is 18.2 Å². The van der Waals surface area contributed by atoms with Crippen LogP contribution < -0.4 is 5.32 Å². The number of fused-ring (bicyclic) bond motifs is 1. The zero-order valence-corrected chi connectivity index (χ0v) is 13.2. The molecule has 1 N–H and O–H groups in total. The first-order valence-corrected chi connectivity index (χ1v) is 8.54. The fraction of sp³-hybridized carbons (Fsp3) is 0.562. The van der Waals surface area contributed by atoms with E-state index in [1.807, 2.05) is 23.9 Å². The van der Waals surface area contributed by atoms with Gasteiger partial charge in [0.2, 0.25) is 0 Å². The van der Waals surface area contributed by atoms with Gasteiger partial charge in [-0.2, -0.15) is 0 Å². The average Bonchev–Trinajstić information content (AvgIpc) is 2.83. The van der Waals surface area contributed by atoms with E-state index in [9.17, 15) is 4.79 Å². The second kappa shape index (κ2) is 6.38. The molecule has 21 heavy (non-hydrogen) atoms. The summed E-state index contributed by atoms with van der Waals surface area (Å²) in [5.74, 6) is 0.841. The van der Waals surface area contributed by atoms with Crippen LogP contribution in [0.2, 0.25) is 0 Å². The largest absolute Gasteiger partial charge is 0.467 e. The molecule has 0 spiro atoms. The molecule has 0 saturated carbocycles. The smallest absolute Gasteiger partial charge is 0.331 e. The summed E-state index contributed by atoms with van der Waals surface area (Å²) in [6.07, 6.45) is 1.88. The van der Waals surface area contributed by atoms with Gasteiger partial charge >= 0.3 is 5.97 Å². The van der Waals surface area contributed by atoms with Gasteiger partial charge in [0, 0.05) is 30.3 Å². The van der Waals surface area contributed by atoms with Crippen LogP contribution in [0.4, 0.5) is 0 Å². The lowest BCUT2D eigenvalue weighted by Gasteiger charge is -2.44. The van der Waals surface area contributed by atoms with Crippen molar-refractivity contribution in [3.8, 4) is 0 Å². The van der Waals surface area contributed by atoms with Gasteiger partial charge in [-0.25, -0.2) is 4.79 Å². The van der Waals surface area contributed by atoms with Crippen molar-refractivity contribution in [2.75, 3.05) is 39.0 Å². The lowest BCUT2D eigenvalue weighted by atomic mass is 9.84. The molecule has 2 aliphatic rings. The van der Waals surface area contributed by atoms with E-state index in [-0.39, 0.29) is 5.97 Å². The molecule has 1 saturated heterocycles. The van der Waals surface area contributed by atoms with Crippen LogP contribution in [0, 0.1) is 0 Å². The molecule has 1 unspecified atom stereocenters. The molecule has 0 aromatic heterocycles. The van der Waals surface area contributed by atoms with E-state index in [2.05, 4.69) is 22.3 Å². The molecule has 4 nitrogen and oxygen atoms in total. The lowest BCUT2D eigenvalue weighted by molar-refractivity contribution is -0.157. The molecule has 1 aromatic rings. The van der Waals surface area contributed by atoms with E-state index in [1.165, 1.54) is 12.0 Å². The molecular weight excluding hydrogens is 284 g/mol. The minimum absolute atomic E-state index is 0.114. The summed E-state index contributed by atoms with van der Waals surface area (Å²) >= 11 is 1.84. The zero-order valence-electron chi connectivity index (χ0n) is 12.4. The number of carbonyl (C=O) groups excluding carboxylic acids is 1. The van der Waals surface area contributed by atoms with Gasteiger partial charge in [0.15, 0.2) is 0 Å². The van der Waals surface area contributed by atoms with Crippen molar-refractivity contribution < 1.29 is 9.53 Å². The quantitative estimate of drug-likeness (QED) is 0.845. The topological polar surface area (TPSA) is 41.6 Å². The van der Waals surface area contributed by atoms with Gasteiger partial charge in [-0.3, -0.25) is 4.90 Å². The molecule has 2 heterocycles. The fourth-order valence-electron chi connectivity index (χ4n) is 3.44. The van der Waals surface area contributed by atoms with E-state index < -0.39 is 5.54 Å². The first kappa shape index (κ1) is 14.9. The summed E-state index contributed by atoms with van der Waals surface area (Å²) in [7, 11) is 1.50. The number of hydrogen-bond acceptors (Lipinski definition) is 5. The van der Waals surface area contributed by atoms with Gasteiger partial charge in [-0.15, -0.1) is 11.8 Å². The highest BCUT2D eigenvalue weighted by Crippen LogP contribution is 2.44. The Labute approximate surface area is 130 Å². The van der Waals surface area contributed by atoms with E-state index in [0.717, 1.165) is 50.3 Å². The molecular formula is C16H22N2O2S. The lowest BCUT2D eigenvalue weighted by Crippen LogP contribution is -2.55. The second-order valence-electron chi connectivity index (χ2n) is 5.54. The van der Waals surface area contributed by atoms with Crippen LogP contribution in [-0.2, 0) is 15.1 Å². The number of nitrogens with zero attached hydrogens (tertiary/aromatic N) is 1. The molecule has 5 heteroatoms. The molecule has 3 rings (SSSR count). The van der Waals surface area contributed by atoms with Crippen LogP contribution in [0.3, 0.4) is 0 Å². The molecule has 114 valence electrons. The number of methoxy groups -OCH3 is 1. The SMILES string of the molecule is COC(=O)C1(N2CCCNCC2)CCSc2ccccc21. The molecule has 0 radical (unpaired) electrons. The number of nitrogens with one attached hydrogen (secondary N) is 1. The van der Waals surface area contributed by atoms with Crippen LogP contribution >= 0.6 is 11.8 Å². The Morgan fingerprint density at radius 3 is 3.05 bits per heavy atom. The third kappa shape index (κ3) is 2.58. The second-order valence-corrected chi connectivity index (χ2v) is 6.67. The van der Waals surface area contributed by atoms with Crippen molar-refractivity contribution in [2.24, 2.45) is 0 Å². The molecule has 1 atom stereocenters. The minimum Gasteiger partial charge on any atom is -0.467 e. The molecule has 1 aromatic carbocycles. The van der Waals surface area contributed by atoms with Crippen LogP contribution in [0.15, 0.2) is 29.2 Å². The Balaban J connectivity index is 2.08. The Morgan fingerprint density at radius 2 is 2.19 bits per heavy atom. The van der Waals surface area contributed by atoms with Gasteiger partial charge in [-0.05, 0) is 31.0 Å². The molecule has 0 amide bonds. The summed E-state index contributed by atoms with van der Waals surface area (Å²) in [4.78, 5) is 16.3. The molecule has 1 fully saturated rings. The van der Waals surface area contributed by atoms with Crippen LogP contribution in [0.25, 0.3) is 0 Å². The van der Waals surface area contributed by atoms with Crippen LogP contribution in [0.1, 0.15) is 18.4 Å². The van der Waals surface area contributed by atoms with Crippen molar-refractivity contribution in [1.82, 2.24) is 10.2 Å². The maximum Gasteiger partial charge on any atom is 0.331 e. The van der Waals surface area contributed by atoms with Gasteiger partial charge < -0.3 is 10.1 Å². The van der Waals surface area contributed by atoms with Crippen molar-refractivity contribution in [3.05, 3.63) is 29.8 Å². The summed E-state index contributed by atoms with van der Waals surface area (Å²) < 4.78 is 5.23. The van der Waals surface area contributed by atoms with Crippen molar-refractivity contribution in [2.45, 2.75) is 23.3 Å². The Kier molecular flexibility index (Phi) is 4.52. The van der Waals surface area contributed by atoms with Crippen LogP contribution in [-0.4, -0.2) is 49.9 Å². The number of thioether (sulfide) groups is 1. The average molecular weight is 306 g/mol. The number of carbonyl (C=O) groups is 1. The number of hydrogen-bond donors (Lipinski definition) is 1. The van der Waals surface area contributed by atoms with E-state index in [1.54, 1.807) is 0 Å². The highest BCUT2D eigenvalue weighted by Gasteiger charge is 2.49. The summed E-state index contributed by atoms with van der Waals surface area (Å²) in [6, 6.07) is 8.28. The standard InChI is InChI=1S/C16H22N2O2S/c1-20-15(19)16(18-10-4-8-17-9-11-18)7-12-21-14-6-3-2-5-13(14)16/h2-3,5-6,17H,4,7-12H2,1H3. The Morgan fingerprint density at radius 1 is 1.33 bits per heavy atom. The van der Waals surface area contributed by atoms with Gasteiger partial charge in [0.05, 0.1) is 7.11 Å². The number of esters is 1. The van der Waals surface area contributed by atoms with Crippen molar-refractivity contribution in [1.29, 1.82) is 0 Å². The maximum absolute atomic E-state index is 12.8. The number of rotatable bonds is 2. The van der Waals surface area contributed by atoms with E-state index in [0.29, 0.717) is 0 Å². The highest BCUT2D eigenvalue weighted by molar-refractivity contribution is 7.99. The van der Waals surface area contributed by atoms with E-state index >= 15 is 0 Å². The monoisotopic (exact) mass is 306 g/mol. The predicted octanol–water partition coefficient (Wildman–Crippen LogP) is 1.85. The molecule has 0 aliphatic carbocycles. The summed E-state index contributed by atoms with van der Waals surface area (Å²) in [5, 5.41) is 3.42. The number of benzene rings is 1. The first-order chi connectivity index (χ1) is 10.3. The highest BCUT2D eigenvalue weighted by atomic mass is 32.2. The maximum atomic E-state index is 12.8. The summed E-state index contributed by atoms with van der Waals surface area (Å²) in [5.41, 5.74) is 0.512. The Bertz CT molecular complexity index is 515. The normalized spacial score (nSPS) is 26.7. The Hall–Kier alpha value is -1.04. The fourth-order valence-corrected chi connectivity index (χ4v) is 4.63. The minimum atomic E-state index is -0.609. The van der Waals surface area contributed by atoms with Gasteiger partial charge in [0.25, 0.3) is 0 Å². The molecule has 2 aliphatic heterocycles. The predicted molar refractivity (Wildman–Crippen MR) is 84.5 cm³/mol. The number of ether oxygens (including phenoxy) is 1. The zero-order chi connectivity index (χ0) is 14.7. The van der Waals surface area contributed by atoms with Crippen LogP contribution in [0.5, 0.6) is 0 Å². The third-order valence-electron chi connectivity index (χ3n) is 4.46. The van der Waals surface area contributed by atoms with Gasteiger partial charge in [0.1, 0.15) is 5.54 Å². The molecule has 0 bridgehead atoms. The summed E-state index contributed by atoms with van der Waals surface area (Å²) in [6.45, 7) is 3.76.